The van der Waals surface area contributed by atoms with Crippen molar-refractivity contribution in [1.82, 2.24) is 0 Å². The van der Waals surface area contributed by atoms with Gasteiger partial charge in [-0.15, -0.1) is 0 Å². The summed E-state index contributed by atoms with van der Waals surface area (Å²) in [6.45, 7) is 8.26. The predicted octanol–water partition coefficient (Wildman–Crippen LogP) is 5.47. The zero-order valence-corrected chi connectivity index (χ0v) is 15.6. The molecule has 2 aromatic rings. The fourth-order valence-electron chi connectivity index (χ4n) is 3.92. The van der Waals surface area contributed by atoms with Crippen molar-refractivity contribution in [2.75, 3.05) is 0 Å². The Balaban J connectivity index is 1.67. The molecular weight excluding hydrogens is 308 g/mol. The third-order valence-electron chi connectivity index (χ3n) is 5.61. The van der Waals surface area contributed by atoms with Crippen molar-refractivity contribution in [2.45, 2.75) is 52.6 Å². The second-order valence-corrected chi connectivity index (χ2v) is 7.57. The van der Waals surface area contributed by atoms with Crippen LogP contribution in [0.5, 0.6) is 0 Å². The maximum absolute atomic E-state index is 6.40. The maximum Gasteiger partial charge on any atom is 0.0871 e. The highest BCUT2D eigenvalue weighted by Gasteiger charge is 2.40. The van der Waals surface area contributed by atoms with Gasteiger partial charge in [0.1, 0.15) is 0 Å². The van der Waals surface area contributed by atoms with Gasteiger partial charge < -0.3 is 9.47 Å². The fraction of sp³-hybridized carbons (Fsp3) is 0.478. The minimum absolute atomic E-state index is 0.141. The maximum atomic E-state index is 6.40. The normalized spacial score (nSPS) is 29.5. The Kier molecular flexibility index (Phi) is 6.28. The van der Waals surface area contributed by atoms with Crippen LogP contribution in [0.15, 0.2) is 60.7 Å². The lowest BCUT2D eigenvalue weighted by Gasteiger charge is -2.43. The standard InChI is InChI=1S/C23H30O2/c1-17-14-18(2)22(24-15-20-10-6-4-7-11-20)23(19(17)3)25-16-21-12-8-5-9-13-21/h4-13,17-19,22-23H,14-16H2,1-3H3/t17-,18?,19?,22+,23+/m1/s1. The molecule has 0 heterocycles. The van der Waals surface area contributed by atoms with E-state index in [-0.39, 0.29) is 12.2 Å². The Hall–Kier alpha value is -1.64. The van der Waals surface area contributed by atoms with E-state index in [1.165, 1.54) is 17.5 Å². The van der Waals surface area contributed by atoms with Crippen LogP contribution < -0.4 is 0 Å². The molecule has 0 aliphatic heterocycles. The van der Waals surface area contributed by atoms with Crippen molar-refractivity contribution in [2.24, 2.45) is 17.8 Å². The van der Waals surface area contributed by atoms with Gasteiger partial charge in [-0.3, -0.25) is 0 Å². The molecule has 25 heavy (non-hydrogen) atoms. The van der Waals surface area contributed by atoms with E-state index in [2.05, 4.69) is 69.3 Å². The molecule has 0 N–H and O–H groups in total. The summed E-state index contributed by atoms with van der Waals surface area (Å²) in [5.41, 5.74) is 2.45. The first-order valence-electron chi connectivity index (χ1n) is 9.46. The Morgan fingerprint density at radius 3 is 1.68 bits per heavy atom. The van der Waals surface area contributed by atoms with Crippen LogP contribution in [0, 0.1) is 17.8 Å². The third-order valence-corrected chi connectivity index (χ3v) is 5.61. The Morgan fingerprint density at radius 1 is 0.680 bits per heavy atom. The SMILES string of the molecule is CC1C[C@@H](C)C(C)[C@H](OCc2ccccc2)[C@H]1OCc1ccccc1. The second kappa shape index (κ2) is 8.64. The molecule has 1 saturated carbocycles. The smallest absolute Gasteiger partial charge is 0.0871 e. The van der Waals surface area contributed by atoms with Crippen molar-refractivity contribution in [3.8, 4) is 0 Å². The van der Waals surface area contributed by atoms with Crippen LogP contribution in [0.3, 0.4) is 0 Å². The van der Waals surface area contributed by atoms with Gasteiger partial charge in [0.2, 0.25) is 0 Å². The molecule has 0 spiro atoms. The molecule has 134 valence electrons. The van der Waals surface area contributed by atoms with Crippen LogP contribution in [0.2, 0.25) is 0 Å². The highest BCUT2D eigenvalue weighted by molar-refractivity contribution is 5.14. The molecule has 1 aliphatic carbocycles. The Bertz CT molecular complexity index is 625. The van der Waals surface area contributed by atoms with Crippen LogP contribution in [-0.4, -0.2) is 12.2 Å². The van der Waals surface area contributed by atoms with Crippen LogP contribution in [0.4, 0.5) is 0 Å². The summed E-state index contributed by atoms with van der Waals surface area (Å²) in [6.07, 6.45) is 1.49. The summed E-state index contributed by atoms with van der Waals surface area (Å²) in [4.78, 5) is 0. The summed E-state index contributed by atoms with van der Waals surface area (Å²) in [7, 11) is 0. The van der Waals surface area contributed by atoms with Gasteiger partial charge in [-0.2, -0.15) is 0 Å². The minimum Gasteiger partial charge on any atom is -0.371 e. The number of rotatable bonds is 6. The molecule has 0 radical (unpaired) electrons. The minimum atomic E-state index is 0.141. The molecule has 0 saturated heterocycles. The molecule has 2 heteroatoms. The van der Waals surface area contributed by atoms with Crippen LogP contribution in [0.1, 0.15) is 38.3 Å². The van der Waals surface area contributed by atoms with E-state index in [1.54, 1.807) is 0 Å². The summed E-state index contributed by atoms with van der Waals surface area (Å²) in [6, 6.07) is 20.9. The van der Waals surface area contributed by atoms with Crippen LogP contribution >= 0.6 is 0 Å². The molecule has 2 aromatic carbocycles. The van der Waals surface area contributed by atoms with Crippen molar-refractivity contribution in [1.29, 1.82) is 0 Å². The molecule has 3 rings (SSSR count). The monoisotopic (exact) mass is 338 g/mol. The fourth-order valence-corrected chi connectivity index (χ4v) is 3.92. The molecule has 1 aliphatic rings. The summed E-state index contributed by atoms with van der Waals surface area (Å²) in [5, 5.41) is 0. The van der Waals surface area contributed by atoms with Crippen LogP contribution in [0.25, 0.3) is 0 Å². The Labute approximate surface area is 152 Å². The van der Waals surface area contributed by atoms with Crippen molar-refractivity contribution in [3.63, 3.8) is 0 Å². The lowest BCUT2D eigenvalue weighted by atomic mass is 9.72. The van der Waals surface area contributed by atoms with Gasteiger partial charge >= 0.3 is 0 Å². The molecule has 5 atom stereocenters. The van der Waals surface area contributed by atoms with Gasteiger partial charge in [-0.05, 0) is 35.3 Å². The average molecular weight is 338 g/mol. The zero-order valence-electron chi connectivity index (χ0n) is 15.6. The first-order chi connectivity index (χ1) is 12.1. The van der Waals surface area contributed by atoms with E-state index in [0.29, 0.717) is 31.0 Å². The summed E-state index contributed by atoms with van der Waals surface area (Å²) < 4.78 is 12.8. The van der Waals surface area contributed by atoms with Gasteiger partial charge in [0.15, 0.2) is 0 Å². The zero-order chi connectivity index (χ0) is 17.6. The van der Waals surface area contributed by atoms with Crippen LogP contribution in [-0.2, 0) is 22.7 Å². The number of hydrogen-bond donors (Lipinski definition) is 0. The molecule has 0 aromatic heterocycles. The molecule has 0 amide bonds. The van der Waals surface area contributed by atoms with E-state index in [1.807, 2.05) is 12.1 Å². The van der Waals surface area contributed by atoms with E-state index in [4.69, 9.17) is 9.47 Å². The largest absolute Gasteiger partial charge is 0.371 e. The summed E-state index contributed by atoms with van der Waals surface area (Å²) in [5.74, 6) is 1.67. The van der Waals surface area contributed by atoms with Crippen molar-refractivity contribution < 1.29 is 9.47 Å². The highest BCUT2D eigenvalue weighted by atomic mass is 16.5. The highest BCUT2D eigenvalue weighted by Crippen LogP contribution is 2.38. The second-order valence-electron chi connectivity index (χ2n) is 7.57. The van der Waals surface area contributed by atoms with E-state index in [0.717, 1.165) is 0 Å². The average Bonchev–Trinajstić information content (AvgIpc) is 2.64. The molecule has 1 fully saturated rings. The van der Waals surface area contributed by atoms with Crippen molar-refractivity contribution >= 4 is 0 Å². The number of ether oxygens (including phenoxy) is 2. The number of hydrogen-bond acceptors (Lipinski definition) is 2. The van der Waals surface area contributed by atoms with Gasteiger partial charge in [0.25, 0.3) is 0 Å². The third kappa shape index (κ3) is 4.71. The van der Waals surface area contributed by atoms with E-state index < -0.39 is 0 Å². The first-order valence-corrected chi connectivity index (χ1v) is 9.46. The molecule has 0 bridgehead atoms. The predicted molar refractivity (Wildman–Crippen MR) is 102 cm³/mol. The quantitative estimate of drug-likeness (QED) is 0.695. The van der Waals surface area contributed by atoms with Crippen molar-refractivity contribution in [3.05, 3.63) is 71.8 Å². The Morgan fingerprint density at radius 2 is 1.16 bits per heavy atom. The van der Waals surface area contributed by atoms with Gasteiger partial charge in [-0.25, -0.2) is 0 Å². The lowest BCUT2D eigenvalue weighted by molar-refractivity contribution is -0.157. The molecule has 2 nitrogen and oxygen atoms in total. The number of benzene rings is 2. The topological polar surface area (TPSA) is 18.5 Å². The van der Waals surface area contributed by atoms with Gasteiger partial charge in [-0.1, -0.05) is 81.4 Å². The van der Waals surface area contributed by atoms with Gasteiger partial charge in [0, 0.05) is 0 Å². The molecular formula is C23H30O2. The lowest BCUT2D eigenvalue weighted by Crippen LogP contribution is -2.48. The first kappa shape index (κ1) is 18.2. The molecule has 2 unspecified atom stereocenters. The summed E-state index contributed by atoms with van der Waals surface area (Å²) >= 11 is 0. The van der Waals surface area contributed by atoms with E-state index in [9.17, 15) is 0 Å². The van der Waals surface area contributed by atoms with Gasteiger partial charge in [0.05, 0.1) is 25.4 Å². The van der Waals surface area contributed by atoms with E-state index >= 15 is 0 Å².